The van der Waals surface area contributed by atoms with Crippen LogP contribution in [-0.2, 0) is 4.74 Å². The average molecular weight is 255 g/mol. The van der Waals surface area contributed by atoms with Gasteiger partial charge in [0.2, 0.25) is 0 Å². The molecule has 0 radical (unpaired) electrons. The minimum Gasteiger partial charge on any atom is -0.381 e. The summed E-state index contributed by atoms with van der Waals surface area (Å²) in [4.78, 5) is 16.9. The van der Waals surface area contributed by atoms with E-state index in [-0.39, 0.29) is 17.6 Å². The Hall–Kier alpha value is -1.74. The van der Waals surface area contributed by atoms with Gasteiger partial charge in [-0.15, -0.1) is 0 Å². The predicted octanol–water partition coefficient (Wildman–Crippen LogP) is 3.09. The van der Waals surface area contributed by atoms with E-state index in [1.165, 1.54) is 0 Å². The van der Waals surface area contributed by atoms with Gasteiger partial charge >= 0.3 is 0 Å². The number of nitrogens with zero attached hydrogens (tertiary/aromatic N) is 1. The van der Waals surface area contributed by atoms with Gasteiger partial charge in [0, 0.05) is 42.5 Å². The second kappa shape index (κ2) is 5.10. The van der Waals surface area contributed by atoms with E-state index in [4.69, 9.17) is 4.74 Å². The molecule has 3 heteroatoms. The van der Waals surface area contributed by atoms with Crippen LogP contribution in [0.3, 0.4) is 0 Å². The SMILES string of the molecule is CC1COCCC1C(=O)c1cncc2ccccc12. The molecule has 1 fully saturated rings. The summed E-state index contributed by atoms with van der Waals surface area (Å²) in [5.74, 6) is 0.543. The number of ether oxygens (including phenoxy) is 1. The zero-order chi connectivity index (χ0) is 13.2. The van der Waals surface area contributed by atoms with Crippen molar-refractivity contribution in [2.75, 3.05) is 13.2 Å². The van der Waals surface area contributed by atoms with Gasteiger partial charge in [-0.1, -0.05) is 31.2 Å². The maximum absolute atomic E-state index is 12.7. The summed E-state index contributed by atoms with van der Waals surface area (Å²) in [5.41, 5.74) is 0.747. The molecule has 3 nitrogen and oxygen atoms in total. The summed E-state index contributed by atoms with van der Waals surface area (Å²) < 4.78 is 5.42. The van der Waals surface area contributed by atoms with Crippen LogP contribution in [0.1, 0.15) is 23.7 Å². The van der Waals surface area contributed by atoms with Crippen molar-refractivity contribution in [3.8, 4) is 0 Å². The highest BCUT2D eigenvalue weighted by atomic mass is 16.5. The number of aromatic nitrogens is 1. The minimum atomic E-state index is 0.0568. The fraction of sp³-hybridized carbons (Fsp3) is 0.375. The fourth-order valence-electron chi connectivity index (χ4n) is 2.78. The Morgan fingerprint density at radius 3 is 3.00 bits per heavy atom. The van der Waals surface area contributed by atoms with E-state index in [0.29, 0.717) is 13.2 Å². The standard InChI is InChI=1S/C16H17NO2/c1-11-10-19-7-6-13(11)16(18)15-9-17-8-12-4-2-3-5-14(12)15/h2-5,8-9,11,13H,6-7,10H2,1H3. The minimum absolute atomic E-state index is 0.0568. The second-order valence-electron chi connectivity index (χ2n) is 5.22. The number of carbonyl (C=O) groups excluding carboxylic acids is 1. The number of ketones is 1. The van der Waals surface area contributed by atoms with Crippen LogP contribution in [-0.4, -0.2) is 24.0 Å². The van der Waals surface area contributed by atoms with Crippen LogP contribution in [0.15, 0.2) is 36.7 Å². The summed E-state index contributed by atoms with van der Waals surface area (Å²) in [6, 6.07) is 7.92. The van der Waals surface area contributed by atoms with Gasteiger partial charge in [0.15, 0.2) is 5.78 Å². The van der Waals surface area contributed by atoms with E-state index in [1.807, 2.05) is 24.3 Å². The molecule has 1 aliphatic heterocycles. The number of hydrogen-bond donors (Lipinski definition) is 0. The number of carbonyl (C=O) groups is 1. The maximum Gasteiger partial charge on any atom is 0.168 e. The molecule has 2 heterocycles. The molecule has 0 saturated carbocycles. The van der Waals surface area contributed by atoms with Crippen LogP contribution in [0.25, 0.3) is 10.8 Å². The van der Waals surface area contributed by atoms with Crippen LogP contribution in [0.2, 0.25) is 0 Å². The molecule has 2 atom stereocenters. The van der Waals surface area contributed by atoms with Gasteiger partial charge in [-0.05, 0) is 17.7 Å². The Bertz CT molecular complexity index is 603. The molecule has 0 amide bonds. The lowest BCUT2D eigenvalue weighted by atomic mass is 9.83. The van der Waals surface area contributed by atoms with Crippen LogP contribution in [0.5, 0.6) is 0 Å². The number of Topliss-reactive ketones (excluding diaryl/α,β-unsaturated/α-hetero) is 1. The van der Waals surface area contributed by atoms with Gasteiger partial charge in [-0.25, -0.2) is 0 Å². The summed E-state index contributed by atoms with van der Waals surface area (Å²) in [6.45, 7) is 3.44. The largest absolute Gasteiger partial charge is 0.381 e. The van der Waals surface area contributed by atoms with Gasteiger partial charge < -0.3 is 4.74 Å². The molecule has 0 spiro atoms. The first-order valence-electron chi connectivity index (χ1n) is 6.72. The van der Waals surface area contributed by atoms with E-state index in [1.54, 1.807) is 12.4 Å². The topological polar surface area (TPSA) is 39.2 Å². The van der Waals surface area contributed by atoms with Crippen LogP contribution in [0, 0.1) is 11.8 Å². The molecular weight excluding hydrogens is 238 g/mol. The Labute approximate surface area is 112 Å². The normalized spacial score (nSPS) is 23.4. The van der Waals surface area contributed by atoms with E-state index < -0.39 is 0 Å². The van der Waals surface area contributed by atoms with Crippen molar-refractivity contribution in [1.29, 1.82) is 0 Å². The zero-order valence-electron chi connectivity index (χ0n) is 11.0. The van der Waals surface area contributed by atoms with Crippen molar-refractivity contribution in [3.63, 3.8) is 0 Å². The molecule has 1 saturated heterocycles. The van der Waals surface area contributed by atoms with E-state index in [2.05, 4.69) is 11.9 Å². The molecule has 1 aromatic carbocycles. The molecule has 19 heavy (non-hydrogen) atoms. The number of rotatable bonds is 2. The highest BCUT2D eigenvalue weighted by Crippen LogP contribution is 2.28. The maximum atomic E-state index is 12.7. The molecular formula is C16H17NO2. The predicted molar refractivity (Wildman–Crippen MR) is 74.2 cm³/mol. The van der Waals surface area contributed by atoms with Crippen molar-refractivity contribution >= 4 is 16.6 Å². The number of benzene rings is 1. The molecule has 3 rings (SSSR count). The Morgan fingerprint density at radius 1 is 1.32 bits per heavy atom. The van der Waals surface area contributed by atoms with E-state index >= 15 is 0 Å². The van der Waals surface area contributed by atoms with Crippen molar-refractivity contribution in [1.82, 2.24) is 4.98 Å². The second-order valence-corrected chi connectivity index (χ2v) is 5.22. The summed E-state index contributed by atoms with van der Waals surface area (Å²) >= 11 is 0. The quantitative estimate of drug-likeness (QED) is 0.774. The molecule has 2 aromatic rings. The van der Waals surface area contributed by atoms with Gasteiger partial charge in [0.25, 0.3) is 0 Å². The van der Waals surface area contributed by atoms with Gasteiger partial charge in [0.1, 0.15) is 0 Å². The van der Waals surface area contributed by atoms with Crippen molar-refractivity contribution < 1.29 is 9.53 Å². The molecule has 1 aromatic heterocycles. The Balaban J connectivity index is 2.01. The lowest BCUT2D eigenvalue weighted by molar-refractivity contribution is 0.0242. The van der Waals surface area contributed by atoms with Gasteiger partial charge in [-0.3, -0.25) is 9.78 Å². The molecule has 0 bridgehead atoms. The van der Waals surface area contributed by atoms with Crippen molar-refractivity contribution in [3.05, 3.63) is 42.2 Å². The molecule has 0 aliphatic carbocycles. The van der Waals surface area contributed by atoms with Crippen LogP contribution < -0.4 is 0 Å². The number of fused-ring (bicyclic) bond motifs is 1. The Kier molecular flexibility index (Phi) is 3.30. The molecule has 2 unspecified atom stereocenters. The number of hydrogen-bond acceptors (Lipinski definition) is 3. The van der Waals surface area contributed by atoms with Crippen LogP contribution >= 0.6 is 0 Å². The summed E-state index contributed by atoms with van der Waals surface area (Å²) in [6.07, 6.45) is 4.32. The van der Waals surface area contributed by atoms with E-state index in [9.17, 15) is 4.79 Å². The zero-order valence-corrected chi connectivity index (χ0v) is 11.0. The highest BCUT2D eigenvalue weighted by molar-refractivity contribution is 6.08. The highest BCUT2D eigenvalue weighted by Gasteiger charge is 2.29. The molecule has 98 valence electrons. The first-order chi connectivity index (χ1) is 9.27. The van der Waals surface area contributed by atoms with Crippen LogP contribution in [0.4, 0.5) is 0 Å². The third-order valence-electron chi connectivity index (χ3n) is 3.91. The smallest absolute Gasteiger partial charge is 0.168 e. The lowest BCUT2D eigenvalue weighted by Gasteiger charge is -2.27. The monoisotopic (exact) mass is 255 g/mol. The van der Waals surface area contributed by atoms with Gasteiger partial charge in [-0.2, -0.15) is 0 Å². The molecule has 0 N–H and O–H groups in total. The first-order valence-corrected chi connectivity index (χ1v) is 6.72. The van der Waals surface area contributed by atoms with Crippen molar-refractivity contribution in [2.24, 2.45) is 11.8 Å². The average Bonchev–Trinajstić information content (AvgIpc) is 2.46. The summed E-state index contributed by atoms with van der Waals surface area (Å²) in [7, 11) is 0. The lowest BCUT2D eigenvalue weighted by Crippen LogP contribution is -2.31. The Morgan fingerprint density at radius 2 is 2.16 bits per heavy atom. The van der Waals surface area contributed by atoms with E-state index in [0.717, 1.165) is 22.8 Å². The molecule has 1 aliphatic rings. The third-order valence-corrected chi connectivity index (χ3v) is 3.91. The first kappa shape index (κ1) is 12.3. The van der Waals surface area contributed by atoms with Gasteiger partial charge in [0.05, 0.1) is 0 Å². The number of pyridine rings is 1. The van der Waals surface area contributed by atoms with Crippen molar-refractivity contribution in [2.45, 2.75) is 13.3 Å². The summed E-state index contributed by atoms with van der Waals surface area (Å²) in [5, 5.41) is 2.02. The third kappa shape index (κ3) is 2.26. The fourth-order valence-corrected chi connectivity index (χ4v) is 2.78.